The van der Waals surface area contributed by atoms with Crippen molar-refractivity contribution in [2.75, 3.05) is 0 Å². The van der Waals surface area contributed by atoms with Gasteiger partial charge in [0.1, 0.15) is 0 Å². The van der Waals surface area contributed by atoms with E-state index >= 15 is 0 Å². The van der Waals surface area contributed by atoms with Gasteiger partial charge in [-0.15, -0.1) is 0 Å². The fourth-order valence-corrected chi connectivity index (χ4v) is 3.53. The van der Waals surface area contributed by atoms with Crippen LogP contribution < -0.4 is 11.3 Å². The molecule has 5 aromatic rings. The van der Waals surface area contributed by atoms with Crippen molar-refractivity contribution < 1.29 is 4.52 Å². The summed E-state index contributed by atoms with van der Waals surface area (Å²) in [7, 11) is 1.99. The fraction of sp³-hybridized carbons (Fsp3) is 0.0500. The summed E-state index contributed by atoms with van der Waals surface area (Å²) in [5.74, 6) is -0.256. The highest BCUT2D eigenvalue weighted by Gasteiger charge is 2.14. The number of aromatic amines is 1. The SMILES string of the molecule is Cn1c2ccccc2c2c1ccc(=O)n2-c1ccc(-c2noc(=O)[nH]2)cc1. The van der Waals surface area contributed by atoms with Gasteiger partial charge in [-0.2, -0.15) is 0 Å². The number of nitrogens with one attached hydrogen (secondary N) is 1. The summed E-state index contributed by atoms with van der Waals surface area (Å²) in [6.45, 7) is 0. The molecule has 0 aliphatic heterocycles. The summed E-state index contributed by atoms with van der Waals surface area (Å²) in [5, 5.41) is 4.70. The Morgan fingerprint density at radius 2 is 1.70 bits per heavy atom. The Bertz CT molecular complexity index is 1420. The largest absolute Gasteiger partial charge is 0.439 e. The van der Waals surface area contributed by atoms with E-state index in [4.69, 9.17) is 0 Å². The van der Waals surface area contributed by atoms with Crippen LogP contribution in [-0.2, 0) is 7.05 Å². The maximum Gasteiger partial charge on any atom is 0.439 e. The first-order valence-corrected chi connectivity index (χ1v) is 8.39. The molecule has 1 N–H and O–H groups in total. The molecule has 0 unspecified atom stereocenters. The van der Waals surface area contributed by atoms with Gasteiger partial charge in [0.05, 0.1) is 16.6 Å². The van der Waals surface area contributed by atoms with Crippen LogP contribution in [-0.4, -0.2) is 19.3 Å². The summed E-state index contributed by atoms with van der Waals surface area (Å²) >= 11 is 0. The molecule has 3 aromatic heterocycles. The molecule has 27 heavy (non-hydrogen) atoms. The van der Waals surface area contributed by atoms with E-state index in [0.717, 1.165) is 27.6 Å². The van der Waals surface area contributed by atoms with Gasteiger partial charge in [0.25, 0.3) is 5.56 Å². The highest BCUT2D eigenvalue weighted by atomic mass is 16.5. The lowest BCUT2D eigenvalue weighted by Gasteiger charge is -2.09. The molecule has 0 bridgehead atoms. The van der Waals surface area contributed by atoms with Gasteiger partial charge in [-0.3, -0.25) is 18.9 Å². The van der Waals surface area contributed by atoms with Gasteiger partial charge in [0.15, 0.2) is 5.82 Å². The standard InChI is InChI=1S/C20H14N4O3/c1-23-15-5-3-2-4-14(15)18-16(23)10-11-17(25)24(18)13-8-6-12(7-9-13)19-21-20(26)27-22-19/h2-11H,1H3,(H,21,22,26). The van der Waals surface area contributed by atoms with Crippen LogP contribution in [0.15, 0.2) is 74.8 Å². The minimum atomic E-state index is -0.606. The van der Waals surface area contributed by atoms with Gasteiger partial charge >= 0.3 is 5.76 Å². The van der Waals surface area contributed by atoms with Gasteiger partial charge in [-0.1, -0.05) is 23.4 Å². The van der Waals surface area contributed by atoms with Gasteiger partial charge in [0.2, 0.25) is 0 Å². The minimum Gasteiger partial charge on any atom is -0.342 e. The van der Waals surface area contributed by atoms with Crippen LogP contribution in [0.5, 0.6) is 0 Å². The molecule has 0 saturated carbocycles. The first-order chi connectivity index (χ1) is 13.1. The quantitative estimate of drug-likeness (QED) is 0.526. The van der Waals surface area contributed by atoms with Crippen molar-refractivity contribution in [2.24, 2.45) is 7.05 Å². The molecule has 0 amide bonds. The van der Waals surface area contributed by atoms with Crippen molar-refractivity contribution in [2.45, 2.75) is 0 Å². The van der Waals surface area contributed by atoms with Crippen LogP contribution in [0.1, 0.15) is 0 Å². The van der Waals surface area contributed by atoms with Crippen LogP contribution in [0, 0.1) is 0 Å². The number of aryl methyl sites for hydroxylation is 1. The summed E-state index contributed by atoms with van der Waals surface area (Å²) < 4.78 is 8.32. The third kappa shape index (κ3) is 2.25. The molecular formula is C20H14N4O3. The molecule has 7 heteroatoms. The number of hydrogen-bond acceptors (Lipinski definition) is 4. The molecule has 0 radical (unpaired) electrons. The molecule has 5 rings (SSSR count). The number of para-hydroxylation sites is 1. The number of benzene rings is 2. The van der Waals surface area contributed by atoms with E-state index < -0.39 is 5.76 Å². The van der Waals surface area contributed by atoms with Crippen molar-refractivity contribution in [3.63, 3.8) is 0 Å². The van der Waals surface area contributed by atoms with Crippen molar-refractivity contribution in [1.29, 1.82) is 0 Å². The van der Waals surface area contributed by atoms with Crippen LogP contribution in [0.25, 0.3) is 39.0 Å². The number of nitrogens with zero attached hydrogens (tertiary/aromatic N) is 3. The van der Waals surface area contributed by atoms with Crippen LogP contribution in [0.3, 0.4) is 0 Å². The molecule has 0 aliphatic rings. The second kappa shape index (κ2) is 5.57. The van der Waals surface area contributed by atoms with Crippen LogP contribution in [0.4, 0.5) is 0 Å². The zero-order valence-electron chi connectivity index (χ0n) is 14.3. The van der Waals surface area contributed by atoms with Gasteiger partial charge in [0, 0.05) is 29.8 Å². The molecule has 0 spiro atoms. The zero-order chi connectivity index (χ0) is 18.5. The van der Waals surface area contributed by atoms with Crippen molar-refractivity contribution >= 4 is 21.9 Å². The van der Waals surface area contributed by atoms with E-state index in [1.807, 2.05) is 49.5 Å². The highest BCUT2D eigenvalue weighted by Crippen LogP contribution is 2.28. The molecule has 132 valence electrons. The van der Waals surface area contributed by atoms with E-state index in [0.29, 0.717) is 11.4 Å². The number of rotatable bonds is 2. The number of pyridine rings is 1. The lowest BCUT2D eigenvalue weighted by Crippen LogP contribution is -2.17. The maximum absolute atomic E-state index is 12.7. The van der Waals surface area contributed by atoms with E-state index in [1.54, 1.807) is 22.8 Å². The Morgan fingerprint density at radius 3 is 2.44 bits per heavy atom. The zero-order valence-corrected chi connectivity index (χ0v) is 14.3. The lowest BCUT2D eigenvalue weighted by molar-refractivity contribution is 0.388. The highest BCUT2D eigenvalue weighted by molar-refractivity contribution is 6.06. The van der Waals surface area contributed by atoms with Crippen molar-refractivity contribution in [3.05, 3.63) is 81.6 Å². The first kappa shape index (κ1) is 15.4. The molecule has 0 aliphatic carbocycles. The molecule has 0 fully saturated rings. The van der Waals surface area contributed by atoms with Crippen LogP contribution >= 0.6 is 0 Å². The third-order valence-electron chi connectivity index (χ3n) is 4.79. The smallest absolute Gasteiger partial charge is 0.342 e. The first-order valence-electron chi connectivity index (χ1n) is 8.39. The molecule has 3 heterocycles. The fourth-order valence-electron chi connectivity index (χ4n) is 3.53. The molecule has 0 atom stereocenters. The monoisotopic (exact) mass is 358 g/mol. The van der Waals surface area contributed by atoms with Gasteiger partial charge in [-0.25, -0.2) is 4.79 Å². The number of H-pyrrole nitrogens is 1. The molecular weight excluding hydrogens is 344 g/mol. The predicted molar refractivity (Wildman–Crippen MR) is 102 cm³/mol. The Hall–Kier alpha value is -3.87. The average molecular weight is 358 g/mol. The summed E-state index contributed by atoms with van der Waals surface area (Å²) in [4.78, 5) is 26.4. The summed E-state index contributed by atoms with van der Waals surface area (Å²) in [6.07, 6.45) is 0. The van der Waals surface area contributed by atoms with Crippen LogP contribution in [0.2, 0.25) is 0 Å². The molecule has 0 saturated heterocycles. The Balaban J connectivity index is 1.78. The Labute approximate surface area is 152 Å². The lowest BCUT2D eigenvalue weighted by atomic mass is 10.1. The predicted octanol–water partition coefficient (Wildman–Crippen LogP) is 2.83. The summed E-state index contributed by atoms with van der Waals surface area (Å²) in [6, 6.07) is 18.7. The van der Waals surface area contributed by atoms with E-state index in [2.05, 4.69) is 19.2 Å². The van der Waals surface area contributed by atoms with Crippen molar-refractivity contribution in [1.82, 2.24) is 19.3 Å². The Morgan fingerprint density at radius 1 is 0.926 bits per heavy atom. The second-order valence-corrected chi connectivity index (χ2v) is 6.31. The average Bonchev–Trinajstić information content (AvgIpc) is 3.25. The van der Waals surface area contributed by atoms with E-state index in [-0.39, 0.29) is 5.56 Å². The number of aromatic nitrogens is 4. The molecule has 7 nitrogen and oxygen atoms in total. The van der Waals surface area contributed by atoms with E-state index in [1.165, 1.54) is 0 Å². The minimum absolute atomic E-state index is 0.110. The van der Waals surface area contributed by atoms with E-state index in [9.17, 15) is 9.59 Å². The second-order valence-electron chi connectivity index (χ2n) is 6.31. The maximum atomic E-state index is 12.7. The number of fused-ring (bicyclic) bond motifs is 3. The van der Waals surface area contributed by atoms with Crippen molar-refractivity contribution in [3.8, 4) is 17.1 Å². The summed E-state index contributed by atoms with van der Waals surface area (Å²) in [5.41, 5.74) is 4.22. The molecule has 2 aromatic carbocycles. The van der Waals surface area contributed by atoms with Gasteiger partial charge in [-0.05, 0) is 36.4 Å². The Kier molecular flexibility index (Phi) is 3.17. The topological polar surface area (TPSA) is 85.8 Å². The third-order valence-corrected chi connectivity index (χ3v) is 4.79. The number of hydrogen-bond donors (Lipinski definition) is 1. The van der Waals surface area contributed by atoms with Gasteiger partial charge < -0.3 is 4.57 Å². The normalized spacial score (nSPS) is 11.4.